The van der Waals surface area contributed by atoms with Gasteiger partial charge in [-0.05, 0) is 17.5 Å². The molecule has 0 unspecified atom stereocenters. The van der Waals surface area contributed by atoms with Crippen LogP contribution in [-0.4, -0.2) is 0 Å². The van der Waals surface area contributed by atoms with Crippen molar-refractivity contribution in [1.29, 1.82) is 0 Å². The Morgan fingerprint density at radius 1 is 0.882 bits per heavy atom. The third kappa shape index (κ3) is 1.34. The highest BCUT2D eigenvalue weighted by Crippen LogP contribution is 2.28. The van der Waals surface area contributed by atoms with Crippen molar-refractivity contribution in [2.24, 2.45) is 0 Å². The zero-order valence-electron chi connectivity index (χ0n) is 8.94. The van der Waals surface area contributed by atoms with Crippen molar-refractivity contribution in [2.75, 3.05) is 11.5 Å². The predicted molar refractivity (Wildman–Crippen MR) is 68.8 cm³/mol. The maximum Gasteiger partial charge on any atom is 0.344 e. The molecule has 4 heteroatoms. The van der Waals surface area contributed by atoms with Crippen molar-refractivity contribution in [3.8, 4) is 0 Å². The van der Waals surface area contributed by atoms with Crippen LogP contribution in [0.2, 0.25) is 0 Å². The van der Waals surface area contributed by atoms with Crippen LogP contribution in [0, 0.1) is 0 Å². The quantitative estimate of drug-likeness (QED) is 0.349. The highest BCUT2D eigenvalue weighted by molar-refractivity contribution is 6.06. The lowest BCUT2D eigenvalue weighted by Crippen LogP contribution is -2.01. The molecule has 1 heterocycles. The first-order chi connectivity index (χ1) is 8.16. The highest BCUT2D eigenvalue weighted by Gasteiger charge is 2.08. The first-order valence-electron chi connectivity index (χ1n) is 5.17. The monoisotopic (exact) mass is 226 g/mol. The summed E-state index contributed by atoms with van der Waals surface area (Å²) in [4.78, 5) is 11.8. The van der Waals surface area contributed by atoms with E-state index in [4.69, 9.17) is 15.9 Å². The third-order valence-corrected chi connectivity index (χ3v) is 2.83. The molecule has 84 valence electrons. The van der Waals surface area contributed by atoms with E-state index in [-0.39, 0.29) is 5.63 Å². The van der Waals surface area contributed by atoms with Gasteiger partial charge in [-0.15, -0.1) is 0 Å². The summed E-state index contributed by atoms with van der Waals surface area (Å²) >= 11 is 0. The zero-order valence-corrected chi connectivity index (χ0v) is 8.94. The van der Waals surface area contributed by atoms with Crippen molar-refractivity contribution < 1.29 is 4.42 Å². The molecule has 0 radical (unpaired) electrons. The molecular weight excluding hydrogens is 216 g/mol. The van der Waals surface area contributed by atoms with Crippen molar-refractivity contribution >= 4 is 33.1 Å². The number of nitrogens with two attached hydrogens (primary N) is 2. The fourth-order valence-electron chi connectivity index (χ4n) is 1.96. The van der Waals surface area contributed by atoms with Gasteiger partial charge in [0.05, 0.1) is 16.8 Å². The van der Waals surface area contributed by atoms with E-state index in [2.05, 4.69) is 0 Å². The Hall–Kier alpha value is -2.49. The Bertz CT molecular complexity index is 790. The van der Waals surface area contributed by atoms with Gasteiger partial charge in [-0.1, -0.05) is 18.2 Å². The lowest BCUT2D eigenvalue weighted by atomic mass is 10.1. The van der Waals surface area contributed by atoms with Crippen molar-refractivity contribution in [1.82, 2.24) is 0 Å². The summed E-state index contributed by atoms with van der Waals surface area (Å²) in [7, 11) is 0. The minimum atomic E-state index is -0.364. The van der Waals surface area contributed by atoms with E-state index in [1.165, 1.54) is 0 Å². The summed E-state index contributed by atoms with van der Waals surface area (Å²) in [5.74, 6) is 0. The Morgan fingerprint density at radius 3 is 2.29 bits per heavy atom. The van der Waals surface area contributed by atoms with Crippen LogP contribution in [0.25, 0.3) is 21.7 Å². The van der Waals surface area contributed by atoms with Crippen LogP contribution >= 0.6 is 0 Å². The second kappa shape index (κ2) is 3.25. The second-order valence-electron chi connectivity index (χ2n) is 3.91. The van der Waals surface area contributed by atoms with Crippen LogP contribution < -0.4 is 17.1 Å². The maximum absolute atomic E-state index is 11.8. The largest absolute Gasteiger partial charge is 0.422 e. The normalized spacial score (nSPS) is 11.1. The first kappa shape index (κ1) is 9.72. The van der Waals surface area contributed by atoms with Gasteiger partial charge in [0.25, 0.3) is 0 Å². The second-order valence-corrected chi connectivity index (χ2v) is 3.91. The molecule has 2 aromatic carbocycles. The van der Waals surface area contributed by atoms with Gasteiger partial charge in [-0.3, -0.25) is 0 Å². The molecule has 0 aliphatic rings. The molecule has 0 fully saturated rings. The Kier molecular flexibility index (Phi) is 1.86. The summed E-state index contributed by atoms with van der Waals surface area (Å²) in [6, 6.07) is 10.6. The van der Waals surface area contributed by atoms with E-state index in [0.717, 1.165) is 10.8 Å². The fourth-order valence-corrected chi connectivity index (χ4v) is 1.96. The van der Waals surface area contributed by atoms with Gasteiger partial charge >= 0.3 is 5.63 Å². The predicted octanol–water partition coefficient (Wildman–Crippen LogP) is 2.11. The molecule has 17 heavy (non-hydrogen) atoms. The molecule has 4 nitrogen and oxygen atoms in total. The molecule has 3 aromatic rings. The highest BCUT2D eigenvalue weighted by atomic mass is 16.4. The van der Waals surface area contributed by atoms with E-state index < -0.39 is 0 Å². The van der Waals surface area contributed by atoms with Crippen LogP contribution in [0.4, 0.5) is 11.4 Å². The van der Waals surface area contributed by atoms with E-state index in [0.29, 0.717) is 22.3 Å². The number of rotatable bonds is 0. The van der Waals surface area contributed by atoms with E-state index in [9.17, 15) is 4.79 Å². The lowest BCUT2D eigenvalue weighted by molar-refractivity contribution is 0.570. The van der Waals surface area contributed by atoms with E-state index in [1.54, 1.807) is 24.3 Å². The summed E-state index contributed by atoms with van der Waals surface area (Å²) < 4.78 is 5.22. The summed E-state index contributed by atoms with van der Waals surface area (Å²) in [6.45, 7) is 0. The van der Waals surface area contributed by atoms with E-state index in [1.807, 2.05) is 12.1 Å². The van der Waals surface area contributed by atoms with Crippen LogP contribution in [0.5, 0.6) is 0 Å². The van der Waals surface area contributed by atoms with Crippen LogP contribution in [0.3, 0.4) is 0 Å². The molecule has 3 rings (SSSR count). The maximum atomic E-state index is 11.8. The average Bonchev–Trinajstić information content (AvgIpc) is 2.32. The molecule has 0 saturated heterocycles. The molecule has 0 atom stereocenters. The first-order valence-corrected chi connectivity index (χ1v) is 5.17. The average molecular weight is 226 g/mol. The van der Waals surface area contributed by atoms with Gasteiger partial charge in [-0.2, -0.15) is 0 Å². The Balaban J connectivity index is 2.64. The number of fused-ring (bicyclic) bond motifs is 3. The van der Waals surface area contributed by atoms with Gasteiger partial charge in [0.15, 0.2) is 0 Å². The zero-order chi connectivity index (χ0) is 12.0. The number of hydrogen-bond acceptors (Lipinski definition) is 4. The molecule has 0 aliphatic carbocycles. The fraction of sp³-hybridized carbons (Fsp3) is 0. The molecule has 4 N–H and O–H groups in total. The summed E-state index contributed by atoms with van der Waals surface area (Å²) in [5, 5.41) is 2.17. The Labute approximate surface area is 96.4 Å². The van der Waals surface area contributed by atoms with Crippen molar-refractivity contribution in [3.05, 3.63) is 46.8 Å². The van der Waals surface area contributed by atoms with Gasteiger partial charge in [0.2, 0.25) is 0 Å². The van der Waals surface area contributed by atoms with Gasteiger partial charge in [0.1, 0.15) is 5.58 Å². The minimum Gasteiger partial charge on any atom is -0.422 e. The molecule has 0 saturated carbocycles. The third-order valence-electron chi connectivity index (χ3n) is 2.83. The molecule has 0 bridgehead atoms. The standard InChI is InChI=1S/C13H10N2O2/c14-10-5-9-7-3-1-2-4-8(7)13(16)17-12(9)6-11(10)15/h1-6H,14-15H2. The van der Waals surface area contributed by atoms with Gasteiger partial charge in [-0.25, -0.2) is 4.79 Å². The van der Waals surface area contributed by atoms with Crippen LogP contribution in [-0.2, 0) is 0 Å². The SMILES string of the molecule is Nc1cc2oc(=O)c3ccccc3c2cc1N. The van der Waals surface area contributed by atoms with Crippen molar-refractivity contribution in [2.45, 2.75) is 0 Å². The van der Waals surface area contributed by atoms with Crippen LogP contribution in [0.1, 0.15) is 0 Å². The smallest absolute Gasteiger partial charge is 0.344 e. The summed E-state index contributed by atoms with van der Waals surface area (Å²) in [5.41, 5.74) is 12.5. The van der Waals surface area contributed by atoms with E-state index >= 15 is 0 Å². The van der Waals surface area contributed by atoms with Crippen molar-refractivity contribution in [3.63, 3.8) is 0 Å². The van der Waals surface area contributed by atoms with Crippen LogP contribution in [0.15, 0.2) is 45.6 Å². The summed E-state index contributed by atoms with van der Waals surface area (Å²) in [6.07, 6.45) is 0. The molecule has 0 amide bonds. The topological polar surface area (TPSA) is 82.2 Å². The molecular formula is C13H10N2O2. The molecule has 0 spiro atoms. The number of anilines is 2. The number of benzene rings is 2. The molecule has 0 aliphatic heterocycles. The minimum absolute atomic E-state index is 0.364. The Morgan fingerprint density at radius 2 is 1.53 bits per heavy atom. The number of nitrogen functional groups attached to an aromatic ring is 2. The molecule has 1 aromatic heterocycles. The number of hydrogen-bond donors (Lipinski definition) is 2. The lowest BCUT2D eigenvalue weighted by Gasteiger charge is -2.05. The van der Waals surface area contributed by atoms with Gasteiger partial charge in [0, 0.05) is 11.5 Å². The van der Waals surface area contributed by atoms with Gasteiger partial charge < -0.3 is 15.9 Å².